The summed E-state index contributed by atoms with van der Waals surface area (Å²) in [6.45, 7) is 2.06. The van der Waals surface area contributed by atoms with Crippen molar-refractivity contribution in [1.29, 1.82) is 0 Å². The van der Waals surface area contributed by atoms with Gasteiger partial charge in [-0.1, -0.05) is 6.07 Å². The third kappa shape index (κ3) is 1.26. The van der Waals surface area contributed by atoms with Crippen LogP contribution in [0, 0.1) is 6.92 Å². The molecule has 0 saturated heterocycles. The summed E-state index contributed by atoms with van der Waals surface area (Å²) in [7, 11) is 0. The molecule has 0 bridgehead atoms. The van der Waals surface area contributed by atoms with Gasteiger partial charge in [0, 0.05) is 29.4 Å². The van der Waals surface area contributed by atoms with Crippen LogP contribution in [-0.4, -0.2) is 9.97 Å². The number of pyridine rings is 2. The lowest BCUT2D eigenvalue weighted by atomic mass is 10.1. The highest BCUT2D eigenvalue weighted by molar-refractivity contribution is 6.05. The highest BCUT2D eigenvalue weighted by Crippen LogP contribution is 2.23. The third-order valence-electron chi connectivity index (χ3n) is 2.62. The van der Waals surface area contributed by atoms with Crippen molar-refractivity contribution in [3.8, 4) is 0 Å². The average molecular weight is 194 g/mol. The second-order valence-electron chi connectivity index (χ2n) is 3.74. The number of aromatic nitrogens is 2. The van der Waals surface area contributed by atoms with Gasteiger partial charge in [-0.3, -0.25) is 9.97 Å². The quantitative estimate of drug-likeness (QED) is 0.514. The largest absolute Gasteiger partial charge is 0.264 e. The van der Waals surface area contributed by atoms with E-state index in [1.54, 1.807) is 0 Å². The number of rotatable bonds is 0. The first kappa shape index (κ1) is 8.36. The molecular weight excluding hydrogens is 184 g/mol. The molecule has 2 heteroatoms. The Hall–Kier alpha value is -1.96. The first-order valence-electron chi connectivity index (χ1n) is 4.94. The van der Waals surface area contributed by atoms with Gasteiger partial charge in [-0.2, -0.15) is 0 Å². The van der Waals surface area contributed by atoms with E-state index in [1.807, 2.05) is 30.7 Å². The van der Waals surface area contributed by atoms with Gasteiger partial charge in [-0.25, -0.2) is 0 Å². The van der Waals surface area contributed by atoms with Crippen LogP contribution in [0.3, 0.4) is 0 Å². The van der Waals surface area contributed by atoms with E-state index in [9.17, 15) is 0 Å². The Morgan fingerprint density at radius 1 is 1.00 bits per heavy atom. The number of hydrogen-bond acceptors (Lipinski definition) is 2. The van der Waals surface area contributed by atoms with Gasteiger partial charge in [0.2, 0.25) is 0 Å². The Bertz CT molecular complexity index is 644. The molecule has 0 aliphatic heterocycles. The first-order valence-corrected chi connectivity index (χ1v) is 4.94. The molecule has 0 saturated carbocycles. The van der Waals surface area contributed by atoms with Crippen LogP contribution >= 0.6 is 0 Å². The van der Waals surface area contributed by atoms with Gasteiger partial charge in [-0.05, 0) is 36.1 Å². The van der Waals surface area contributed by atoms with Gasteiger partial charge < -0.3 is 0 Å². The Morgan fingerprint density at radius 3 is 2.87 bits per heavy atom. The van der Waals surface area contributed by atoms with Crippen LogP contribution in [0.5, 0.6) is 0 Å². The maximum atomic E-state index is 4.41. The predicted octanol–water partition coefficient (Wildman–Crippen LogP) is 3.09. The molecule has 3 aromatic rings. The standard InChI is InChI=1S/C13H10N2/c1-9-6-12-11-4-5-14-8-10(11)2-3-13(12)15-7-9/h2-8H,1H3. The highest BCUT2D eigenvalue weighted by Gasteiger charge is 2.00. The van der Waals surface area contributed by atoms with E-state index in [2.05, 4.69) is 29.0 Å². The summed E-state index contributed by atoms with van der Waals surface area (Å²) in [6, 6.07) is 8.31. The highest BCUT2D eigenvalue weighted by atomic mass is 14.7. The van der Waals surface area contributed by atoms with Gasteiger partial charge in [-0.15, -0.1) is 0 Å². The summed E-state index contributed by atoms with van der Waals surface area (Å²) in [5.41, 5.74) is 2.23. The van der Waals surface area contributed by atoms with Crippen molar-refractivity contribution < 1.29 is 0 Å². The van der Waals surface area contributed by atoms with Crippen molar-refractivity contribution in [2.75, 3.05) is 0 Å². The smallest absolute Gasteiger partial charge is 0.0708 e. The molecule has 0 amide bonds. The van der Waals surface area contributed by atoms with Gasteiger partial charge in [0.1, 0.15) is 0 Å². The summed E-state index contributed by atoms with van der Waals surface area (Å²) in [5, 5.41) is 3.59. The lowest BCUT2D eigenvalue weighted by Gasteiger charge is -2.03. The van der Waals surface area contributed by atoms with Gasteiger partial charge in [0.15, 0.2) is 0 Å². The van der Waals surface area contributed by atoms with Crippen molar-refractivity contribution >= 4 is 21.7 Å². The fourth-order valence-corrected chi connectivity index (χ4v) is 1.88. The van der Waals surface area contributed by atoms with Crippen LogP contribution in [0.2, 0.25) is 0 Å². The molecule has 0 unspecified atom stereocenters. The van der Waals surface area contributed by atoms with E-state index in [0.717, 1.165) is 10.9 Å². The van der Waals surface area contributed by atoms with Gasteiger partial charge in [0.25, 0.3) is 0 Å². The molecule has 15 heavy (non-hydrogen) atoms. The fraction of sp³-hybridized carbons (Fsp3) is 0.0769. The van der Waals surface area contributed by atoms with Crippen molar-refractivity contribution in [3.05, 3.63) is 48.4 Å². The van der Waals surface area contributed by atoms with E-state index in [-0.39, 0.29) is 0 Å². The number of benzene rings is 1. The predicted molar refractivity (Wildman–Crippen MR) is 61.8 cm³/mol. The minimum atomic E-state index is 1.04. The molecule has 0 atom stereocenters. The molecule has 0 aliphatic rings. The molecule has 2 heterocycles. The van der Waals surface area contributed by atoms with Gasteiger partial charge >= 0.3 is 0 Å². The molecule has 72 valence electrons. The third-order valence-corrected chi connectivity index (χ3v) is 2.62. The topological polar surface area (TPSA) is 25.8 Å². The van der Waals surface area contributed by atoms with Crippen LogP contribution in [-0.2, 0) is 0 Å². The van der Waals surface area contributed by atoms with E-state index in [0.29, 0.717) is 0 Å². The summed E-state index contributed by atoms with van der Waals surface area (Å²) in [6.07, 6.45) is 5.61. The lowest BCUT2D eigenvalue weighted by molar-refractivity contribution is 1.33. The molecule has 0 spiro atoms. The van der Waals surface area contributed by atoms with Crippen LogP contribution in [0.4, 0.5) is 0 Å². The SMILES string of the molecule is Cc1cnc2ccc3cnccc3c2c1. The number of nitrogens with zero attached hydrogens (tertiary/aromatic N) is 2. The second kappa shape index (κ2) is 3.02. The Balaban J connectivity index is 2.57. The first-order chi connectivity index (χ1) is 7.34. The molecule has 0 radical (unpaired) electrons. The molecule has 3 rings (SSSR count). The van der Waals surface area contributed by atoms with E-state index in [1.165, 1.54) is 16.3 Å². The van der Waals surface area contributed by atoms with E-state index < -0.39 is 0 Å². The Kier molecular flexibility index (Phi) is 1.68. The molecule has 0 N–H and O–H groups in total. The zero-order chi connectivity index (χ0) is 10.3. The minimum absolute atomic E-state index is 1.04. The molecule has 1 aromatic carbocycles. The Morgan fingerprint density at radius 2 is 1.93 bits per heavy atom. The minimum Gasteiger partial charge on any atom is -0.264 e. The molecular formula is C13H10N2. The summed E-state index contributed by atoms with van der Waals surface area (Å²) in [4.78, 5) is 8.53. The maximum absolute atomic E-state index is 4.41. The summed E-state index contributed by atoms with van der Waals surface area (Å²) < 4.78 is 0. The average Bonchev–Trinajstić information content (AvgIpc) is 2.29. The normalized spacial score (nSPS) is 11.0. The van der Waals surface area contributed by atoms with E-state index in [4.69, 9.17) is 0 Å². The number of hydrogen-bond donors (Lipinski definition) is 0. The maximum Gasteiger partial charge on any atom is 0.0708 e. The van der Waals surface area contributed by atoms with E-state index >= 15 is 0 Å². The number of fused-ring (bicyclic) bond motifs is 3. The van der Waals surface area contributed by atoms with Crippen LogP contribution in [0.15, 0.2) is 42.9 Å². The monoisotopic (exact) mass is 194 g/mol. The zero-order valence-corrected chi connectivity index (χ0v) is 8.44. The van der Waals surface area contributed by atoms with Crippen LogP contribution in [0.25, 0.3) is 21.7 Å². The second-order valence-corrected chi connectivity index (χ2v) is 3.74. The lowest BCUT2D eigenvalue weighted by Crippen LogP contribution is -1.83. The summed E-state index contributed by atoms with van der Waals surface area (Å²) in [5.74, 6) is 0. The molecule has 0 aliphatic carbocycles. The van der Waals surface area contributed by atoms with Crippen molar-refractivity contribution in [1.82, 2.24) is 9.97 Å². The van der Waals surface area contributed by atoms with Gasteiger partial charge in [0.05, 0.1) is 5.52 Å². The van der Waals surface area contributed by atoms with Crippen LogP contribution < -0.4 is 0 Å². The molecule has 0 fully saturated rings. The molecule has 2 nitrogen and oxygen atoms in total. The van der Waals surface area contributed by atoms with Crippen molar-refractivity contribution in [3.63, 3.8) is 0 Å². The Labute approximate surface area is 87.6 Å². The van der Waals surface area contributed by atoms with Crippen molar-refractivity contribution in [2.24, 2.45) is 0 Å². The van der Waals surface area contributed by atoms with Crippen molar-refractivity contribution in [2.45, 2.75) is 6.92 Å². The summed E-state index contributed by atoms with van der Waals surface area (Å²) >= 11 is 0. The fourth-order valence-electron chi connectivity index (χ4n) is 1.88. The van der Waals surface area contributed by atoms with Crippen LogP contribution in [0.1, 0.15) is 5.56 Å². The zero-order valence-electron chi connectivity index (χ0n) is 8.44. The number of aryl methyl sites for hydroxylation is 1. The molecule has 2 aromatic heterocycles.